The second kappa shape index (κ2) is 9.13. The Hall–Kier alpha value is -0.830. The first-order valence-corrected chi connectivity index (χ1v) is 8.04. The molecule has 1 rings (SSSR count). The van der Waals surface area contributed by atoms with Crippen LogP contribution in [0.25, 0.3) is 0 Å². The Balaban J connectivity index is 2.67. The van der Waals surface area contributed by atoms with Crippen molar-refractivity contribution in [3.05, 3.63) is 17.5 Å². The van der Waals surface area contributed by atoms with E-state index in [4.69, 9.17) is 0 Å². The van der Waals surface area contributed by atoms with Gasteiger partial charge in [0, 0.05) is 24.7 Å². The van der Waals surface area contributed by atoms with Crippen LogP contribution in [0, 0.1) is 0 Å². The van der Waals surface area contributed by atoms with E-state index in [0.29, 0.717) is 6.04 Å². The molecule has 1 N–H and O–H groups in total. The van der Waals surface area contributed by atoms with Crippen molar-refractivity contribution < 1.29 is 0 Å². The third kappa shape index (κ3) is 5.35. The molecule has 3 heteroatoms. The Morgan fingerprint density at radius 2 is 2.00 bits per heavy atom. The summed E-state index contributed by atoms with van der Waals surface area (Å²) in [5.74, 6) is 0. The summed E-state index contributed by atoms with van der Waals surface area (Å²) < 4.78 is 2.17. The second-order valence-corrected chi connectivity index (χ2v) is 5.29. The van der Waals surface area contributed by atoms with E-state index >= 15 is 0 Å². The zero-order chi connectivity index (χ0) is 14.1. The molecule has 1 atom stereocenters. The average molecular weight is 265 g/mol. The van der Waals surface area contributed by atoms with Crippen molar-refractivity contribution >= 4 is 0 Å². The smallest absolute Gasteiger partial charge is 0.0624 e. The molecule has 0 aliphatic heterocycles. The van der Waals surface area contributed by atoms with Gasteiger partial charge in [0.2, 0.25) is 0 Å². The summed E-state index contributed by atoms with van der Waals surface area (Å²) in [6, 6.07) is 2.89. The van der Waals surface area contributed by atoms with E-state index < -0.39 is 0 Å². The number of unbranched alkanes of at least 4 members (excludes halogenated alkanes) is 1. The van der Waals surface area contributed by atoms with Crippen LogP contribution in [0.15, 0.2) is 6.07 Å². The van der Waals surface area contributed by atoms with Crippen LogP contribution in [0.4, 0.5) is 0 Å². The van der Waals surface area contributed by atoms with Crippen LogP contribution >= 0.6 is 0 Å². The minimum absolute atomic E-state index is 0.603. The number of nitrogens with zero attached hydrogens (tertiary/aromatic N) is 2. The largest absolute Gasteiger partial charge is 0.314 e. The molecule has 1 unspecified atom stereocenters. The quantitative estimate of drug-likeness (QED) is 0.701. The first-order valence-electron chi connectivity index (χ1n) is 8.04. The molecule has 1 heterocycles. The minimum atomic E-state index is 0.603. The summed E-state index contributed by atoms with van der Waals surface area (Å²) in [5.41, 5.74) is 2.62. The molecular weight excluding hydrogens is 234 g/mol. The average Bonchev–Trinajstić information content (AvgIpc) is 2.83. The summed E-state index contributed by atoms with van der Waals surface area (Å²) in [4.78, 5) is 0. The maximum Gasteiger partial charge on any atom is 0.0624 e. The monoisotopic (exact) mass is 265 g/mol. The van der Waals surface area contributed by atoms with E-state index in [1.54, 1.807) is 0 Å². The zero-order valence-electron chi connectivity index (χ0n) is 13.2. The fourth-order valence-electron chi connectivity index (χ4n) is 2.45. The Morgan fingerprint density at radius 3 is 2.58 bits per heavy atom. The molecule has 1 aromatic rings. The number of rotatable bonds is 10. The molecular formula is C16H31N3. The second-order valence-electron chi connectivity index (χ2n) is 5.29. The van der Waals surface area contributed by atoms with Gasteiger partial charge in [-0.1, -0.05) is 33.6 Å². The number of aryl methyl sites for hydroxylation is 2. The molecule has 0 aromatic carbocycles. The summed E-state index contributed by atoms with van der Waals surface area (Å²) in [7, 11) is 0. The zero-order valence-corrected chi connectivity index (χ0v) is 13.2. The van der Waals surface area contributed by atoms with Crippen molar-refractivity contribution in [3.63, 3.8) is 0 Å². The highest BCUT2D eigenvalue weighted by Crippen LogP contribution is 2.12. The fraction of sp³-hybridized carbons (Fsp3) is 0.812. The fourth-order valence-corrected chi connectivity index (χ4v) is 2.45. The van der Waals surface area contributed by atoms with E-state index in [-0.39, 0.29) is 0 Å². The highest BCUT2D eigenvalue weighted by molar-refractivity contribution is 5.12. The van der Waals surface area contributed by atoms with Gasteiger partial charge in [-0.25, -0.2) is 0 Å². The van der Waals surface area contributed by atoms with Crippen molar-refractivity contribution in [3.8, 4) is 0 Å². The molecule has 3 nitrogen and oxygen atoms in total. The third-order valence-corrected chi connectivity index (χ3v) is 3.62. The van der Waals surface area contributed by atoms with Crippen LogP contribution in [0.2, 0.25) is 0 Å². The molecule has 0 fully saturated rings. The predicted octanol–water partition coefficient (Wildman–Crippen LogP) is 3.57. The molecule has 110 valence electrons. The maximum absolute atomic E-state index is 4.65. The Bertz CT molecular complexity index is 336. The van der Waals surface area contributed by atoms with Crippen molar-refractivity contribution in [1.29, 1.82) is 0 Å². The van der Waals surface area contributed by atoms with Crippen LogP contribution in [0.3, 0.4) is 0 Å². The molecule has 19 heavy (non-hydrogen) atoms. The maximum atomic E-state index is 4.65. The van der Waals surface area contributed by atoms with E-state index in [1.165, 1.54) is 37.1 Å². The number of hydrogen-bond acceptors (Lipinski definition) is 2. The Labute approximate surface area is 118 Å². The molecule has 0 radical (unpaired) electrons. The number of hydrogen-bond donors (Lipinski definition) is 1. The first-order chi connectivity index (χ1) is 9.24. The summed E-state index contributed by atoms with van der Waals surface area (Å²) in [6.07, 6.45) is 7.20. The van der Waals surface area contributed by atoms with Gasteiger partial charge in [-0.3, -0.25) is 4.68 Å². The van der Waals surface area contributed by atoms with Gasteiger partial charge in [-0.05, 0) is 38.8 Å². The molecule has 0 amide bonds. The van der Waals surface area contributed by atoms with Gasteiger partial charge in [-0.2, -0.15) is 5.10 Å². The number of aromatic nitrogens is 2. The lowest BCUT2D eigenvalue weighted by Crippen LogP contribution is -2.32. The SMILES string of the molecule is CCCCC(Cc1cc(CC)nn1CC)NCCC. The van der Waals surface area contributed by atoms with Crippen molar-refractivity contribution in [2.24, 2.45) is 0 Å². The molecule has 0 saturated heterocycles. The van der Waals surface area contributed by atoms with E-state index in [9.17, 15) is 0 Å². The number of nitrogens with one attached hydrogen (secondary N) is 1. The lowest BCUT2D eigenvalue weighted by molar-refractivity contribution is 0.447. The summed E-state index contributed by atoms with van der Waals surface area (Å²) in [6.45, 7) is 10.9. The van der Waals surface area contributed by atoms with E-state index in [2.05, 4.69) is 48.9 Å². The topological polar surface area (TPSA) is 29.9 Å². The van der Waals surface area contributed by atoms with Gasteiger partial charge >= 0.3 is 0 Å². The van der Waals surface area contributed by atoms with Crippen LogP contribution in [0.5, 0.6) is 0 Å². The highest BCUT2D eigenvalue weighted by Gasteiger charge is 2.13. The van der Waals surface area contributed by atoms with Crippen LogP contribution in [-0.4, -0.2) is 22.4 Å². The molecule has 0 aliphatic rings. The van der Waals surface area contributed by atoms with Crippen molar-refractivity contribution in [1.82, 2.24) is 15.1 Å². The summed E-state index contributed by atoms with van der Waals surface area (Å²) >= 11 is 0. The highest BCUT2D eigenvalue weighted by atomic mass is 15.3. The lowest BCUT2D eigenvalue weighted by Gasteiger charge is -2.18. The Morgan fingerprint density at radius 1 is 1.21 bits per heavy atom. The minimum Gasteiger partial charge on any atom is -0.314 e. The van der Waals surface area contributed by atoms with Gasteiger partial charge in [0.25, 0.3) is 0 Å². The van der Waals surface area contributed by atoms with Crippen molar-refractivity contribution in [2.45, 2.75) is 78.8 Å². The standard InChI is InChI=1S/C16H31N3/c1-5-9-10-15(17-11-6-2)13-16-12-14(7-3)18-19(16)8-4/h12,15,17H,5-11,13H2,1-4H3. The van der Waals surface area contributed by atoms with Gasteiger partial charge in [0.1, 0.15) is 0 Å². The predicted molar refractivity (Wildman–Crippen MR) is 82.6 cm³/mol. The molecule has 0 bridgehead atoms. The van der Waals surface area contributed by atoms with Crippen LogP contribution in [-0.2, 0) is 19.4 Å². The van der Waals surface area contributed by atoms with Crippen LogP contribution in [0.1, 0.15) is 64.8 Å². The third-order valence-electron chi connectivity index (χ3n) is 3.62. The molecule has 1 aromatic heterocycles. The van der Waals surface area contributed by atoms with Gasteiger partial charge in [0.15, 0.2) is 0 Å². The van der Waals surface area contributed by atoms with Gasteiger partial charge in [-0.15, -0.1) is 0 Å². The lowest BCUT2D eigenvalue weighted by atomic mass is 10.0. The van der Waals surface area contributed by atoms with Crippen molar-refractivity contribution in [2.75, 3.05) is 6.54 Å². The van der Waals surface area contributed by atoms with E-state index in [1.807, 2.05) is 0 Å². The van der Waals surface area contributed by atoms with Gasteiger partial charge < -0.3 is 5.32 Å². The molecule has 0 saturated carbocycles. The normalized spacial score (nSPS) is 12.8. The van der Waals surface area contributed by atoms with E-state index in [0.717, 1.165) is 25.9 Å². The first kappa shape index (κ1) is 16.2. The summed E-state index contributed by atoms with van der Waals surface area (Å²) in [5, 5.41) is 8.34. The van der Waals surface area contributed by atoms with Gasteiger partial charge in [0.05, 0.1) is 5.69 Å². The Kier molecular flexibility index (Phi) is 7.80. The van der Waals surface area contributed by atoms with Crippen LogP contribution < -0.4 is 5.32 Å². The molecule has 0 spiro atoms. The molecule has 0 aliphatic carbocycles.